The van der Waals surface area contributed by atoms with Crippen molar-refractivity contribution in [2.24, 2.45) is 10.9 Å². The minimum atomic E-state index is -0.798. The third-order valence-corrected chi connectivity index (χ3v) is 7.34. The Kier molecular flexibility index (Phi) is 8.18. The number of amidine groups is 1. The molecule has 1 atom stereocenters. The van der Waals surface area contributed by atoms with Gasteiger partial charge in [-0.1, -0.05) is 17.7 Å². The van der Waals surface area contributed by atoms with E-state index in [1.54, 1.807) is 12.3 Å². The minimum absolute atomic E-state index is 0.0297. The first-order chi connectivity index (χ1) is 17.6. The van der Waals surface area contributed by atoms with E-state index in [2.05, 4.69) is 15.6 Å². The highest BCUT2D eigenvalue weighted by atomic mass is 35.5. The maximum atomic E-state index is 13.8. The van der Waals surface area contributed by atoms with Gasteiger partial charge >= 0.3 is 12.1 Å². The van der Waals surface area contributed by atoms with Crippen molar-refractivity contribution < 1.29 is 23.5 Å². The summed E-state index contributed by atoms with van der Waals surface area (Å²) < 4.78 is 24.4. The number of thiazole rings is 1. The van der Waals surface area contributed by atoms with E-state index in [0.29, 0.717) is 53.4 Å². The molecule has 37 heavy (non-hydrogen) atoms. The Morgan fingerprint density at radius 2 is 1.95 bits per heavy atom. The molecule has 1 aromatic heterocycles. The summed E-state index contributed by atoms with van der Waals surface area (Å²) in [5.41, 5.74) is 0.945. The quantitative estimate of drug-likeness (QED) is 0.476. The number of benzene rings is 1. The summed E-state index contributed by atoms with van der Waals surface area (Å²) in [5, 5.41) is 8.97. The molecule has 0 bridgehead atoms. The Labute approximate surface area is 224 Å². The average Bonchev–Trinajstić information content (AvgIpc) is 3.37. The van der Waals surface area contributed by atoms with Crippen molar-refractivity contribution in [3.05, 3.63) is 62.5 Å². The number of esters is 1. The smallest absolute Gasteiger partial charge is 0.407 e. The second-order valence-corrected chi connectivity index (χ2v) is 11.3. The van der Waals surface area contributed by atoms with Gasteiger partial charge in [0.05, 0.1) is 12.7 Å². The van der Waals surface area contributed by atoms with Crippen LogP contribution in [0.25, 0.3) is 0 Å². The first kappa shape index (κ1) is 27.1. The summed E-state index contributed by atoms with van der Waals surface area (Å²) in [5.74, 6) is -0.537. The van der Waals surface area contributed by atoms with Crippen LogP contribution < -0.4 is 10.6 Å². The number of nitrogens with one attached hydrogen (secondary N) is 2. The van der Waals surface area contributed by atoms with Crippen LogP contribution >= 0.6 is 22.9 Å². The molecule has 198 valence electrons. The lowest BCUT2D eigenvalue weighted by atomic mass is 9.80. The lowest BCUT2D eigenvalue weighted by Crippen LogP contribution is -2.43. The fourth-order valence-corrected chi connectivity index (χ4v) is 5.48. The molecule has 1 saturated carbocycles. The SMILES string of the molecule is COC(=O)C1=C([C@H]2CC[C@@H](NC(=O)OC(C)(C)C)CC2)NC(c2nccs2)=NC1c1ccc(F)cc1Cl. The summed E-state index contributed by atoms with van der Waals surface area (Å²) in [4.78, 5) is 34.5. The van der Waals surface area contributed by atoms with Crippen LogP contribution in [0.3, 0.4) is 0 Å². The summed E-state index contributed by atoms with van der Waals surface area (Å²) in [6.45, 7) is 5.47. The number of carbonyl (C=O) groups excluding carboxylic acids is 2. The predicted molar refractivity (Wildman–Crippen MR) is 140 cm³/mol. The molecule has 2 aliphatic rings. The van der Waals surface area contributed by atoms with E-state index in [0.717, 1.165) is 0 Å². The highest BCUT2D eigenvalue weighted by Gasteiger charge is 2.38. The van der Waals surface area contributed by atoms with Crippen LogP contribution in [-0.2, 0) is 14.3 Å². The number of aromatic nitrogens is 1. The van der Waals surface area contributed by atoms with Gasteiger partial charge in [0, 0.05) is 33.9 Å². The number of carbonyl (C=O) groups is 2. The zero-order valence-electron chi connectivity index (χ0n) is 21.1. The fraction of sp³-hybridized carbons (Fsp3) is 0.462. The number of allylic oxidation sites excluding steroid dienone is 1. The van der Waals surface area contributed by atoms with Gasteiger partial charge in [0.1, 0.15) is 17.5 Å². The van der Waals surface area contributed by atoms with Crippen molar-refractivity contribution in [2.75, 3.05) is 7.11 Å². The summed E-state index contributed by atoms with van der Waals surface area (Å²) in [7, 11) is 1.32. The van der Waals surface area contributed by atoms with Gasteiger partial charge in [0.2, 0.25) is 0 Å². The summed E-state index contributed by atoms with van der Waals surface area (Å²) in [6.07, 6.45) is 4.06. The maximum Gasteiger partial charge on any atom is 0.407 e. The molecular formula is C26H30ClFN4O4S. The van der Waals surface area contributed by atoms with E-state index in [1.807, 2.05) is 26.2 Å². The van der Waals surface area contributed by atoms with Crippen molar-refractivity contribution in [3.8, 4) is 0 Å². The second-order valence-electron chi connectivity index (χ2n) is 10.0. The predicted octanol–water partition coefficient (Wildman–Crippen LogP) is 5.54. The van der Waals surface area contributed by atoms with Gasteiger partial charge in [-0.05, 0) is 64.5 Å². The van der Waals surface area contributed by atoms with Crippen LogP contribution in [0.5, 0.6) is 0 Å². The van der Waals surface area contributed by atoms with Gasteiger partial charge in [0.15, 0.2) is 10.8 Å². The van der Waals surface area contributed by atoms with Crippen LogP contribution in [0.15, 0.2) is 46.0 Å². The maximum absolute atomic E-state index is 13.8. The standard InChI is InChI=1S/C26H30ClFN4O4S/c1-26(2,3)36-25(34)30-16-8-5-14(6-9-16)20-19(24(33)35-4)21(17-10-7-15(28)13-18(17)27)32-22(31-20)23-29-11-12-37-23/h7,10-14,16,21H,5-6,8-9H2,1-4H3,(H,30,34)(H,31,32)/t14-,16+,21?. The molecule has 4 rings (SSSR count). The van der Waals surface area contributed by atoms with Gasteiger partial charge < -0.3 is 20.1 Å². The van der Waals surface area contributed by atoms with E-state index in [-0.39, 0.29) is 17.0 Å². The van der Waals surface area contributed by atoms with Crippen LogP contribution in [0.4, 0.5) is 9.18 Å². The van der Waals surface area contributed by atoms with E-state index in [1.165, 1.54) is 30.6 Å². The largest absolute Gasteiger partial charge is 0.466 e. The fourth-order valence-electron chi connectivity index (χ4n) is 4.62. The van der Waals surface area contributed by atoms with Crippen LogP contribution in [0, 0.1) is 11.7 Å². The minimum Gasteiger partial charge on any atom is -0.466 e. The number of halogens is 2. The Morgan fingerprint density at radius 1 is 1.22 bits per heavy atom. The molecule has 8 nitrogen and oxygen atoms in total. The Balaban J connectivity index is 1.65. The molecule has 1 fully saturated rings. The van der Waals surface area contributed by atoms with Crippen LogP contribution in [0.1, 0.15) is 63.1 Å². The molecular weight excluding hydrogens is 519 g/mol. The van der Waals surface area contributed by atoms with Crippen LogP contribution in [0.2, 0.25) is 5.02 Å². The average molecular weight is 549 g/mol. The number of amides is 1. The van der Waals surface area contributed by atoms with Gasteiger partial charge in [-0.15, -0.1) is 11.3 Å². The molecule has 0 radical (unpaired) electrons. The monoisotopic (exact) mass is 548 g/mol. The first-order valence-electron chi connectivity index (χ1n) is 12.1. The van der Waals surface area contributed by atoms with E-state index >= 15 is 0 Å². The zero-order valence-corrected chi connectivity index (χ0v) is 22.7. The summed E-state index contributed by atoms with van der Waals surface area (Å²) in [6, 6.07) is 3.21. The number of ether oxygens (including phenoxy) is 2. The zero-order chi connectivity index (χ0) is 26.7. The lowest BCUT2D eigenvalue weighted by Gasteiger charge is -2.35. The molecule has 1 unspecified atom stereocenters. The van der Waals surface area contributed by atoms with Crippen molar-refractivity contribution >= 4 is 40.8 Å². The number of hydrogen-bond donors (Lipinski definition) is 2. The van der Waals surface area contributed by atoms with Crippen molar-refractivity contribution in [1.82, 2.24) is 15.6 Å². The molecule has 2 N–H and O–H groups in total. The Hall–Kier alpha value is -2.98. The Morgan fingerprint density at radius 3 is 2.54 bits per heavy atom. The molecule has 1 aliphatic heterocycles. The number of methoxy groups -OCH3 is 1. The molecule has 0 spiro atoms. The molecule has 1 aliphatic carbocycles. The number of aliphatic imine (C=N–C) groups is 1. The number of hydrogen-bond acceptors (Lipinski definition) is 8. The first-order valence-corrected chi connectivity index (χ1v) is 13.3. The number of nitrogens with zero attached hydrogens (tertiary/aromatic N) is 2. The van der Waals surface area contributed by atoms with Gasteiger partial charge in [-0.2, -0.15) is 0 Å². The molecule has 2 aromatic rings. The topological polar surface area (TPSA) is 102 Å². The third-order valence-electron chi connectivity index (χ3n) is 6.23. The van der Waals surface area contributed by atoms with E-state index < -0.39 is 29.5 Å². The number of alkyl carbamates (subject to hydrolysis) is 1. The highest BCUT2D eigenvalue weighted by Crippen LogP contribution is 2.41. The van der Waals surface area contributed by atoms with E-state index in [9.17, 15) is 14.0 Å². The molecule has 1 amide bonds. The lowest BCUT2D eigenvalue weighted by molar-refractivity contribution is -0.136. The third kappa shape index (κ3) is 6.48. The molecule has 0 saturated heterocycles. The normalized spacial score (nSPS) is 22.1. The summed E-state index contributed by atoms with van der Waals surface area (Å²) >= 11 is 7.84. The number of rotatable bonds is 5. The van der Waals surface area contributed by atoms with Crippen LogP contribution in [-0.4, -0.2) is 41.6 Å². The molecule has 1 aromatic carbocycles. The second kappa shape index (κ2) is 11.2. The molecule has 11 heteroatoms. The van der Waals surface area contributed by atoms with Crippen molar-refractivity contribution in [1.29, 1.82) is 0 Å². The van der Waals surface area contributed by atoms with Gasteiger partial charge in [-0.3, -0.25) is 4.99 Å². The molecule has 2 heterocycles. The van der Waals surface area contributed by atoms with Crippen molar-refractivity contribution in [3.63, 3.8) is 0 Å². The highest BCUT2D eigenvalue weighted by molar-refractivity contribution is 7.11. The van der Waals surface area contributed by atoms with E-state index in [4.69, 9.17) is 26.1 Å². The Bertz CT molecular complexity index is 1220. The van der Waals surface area contributed by atoms with Gasteiger partial charge in [-0.25, -0.2) is 19.0 Å². The van der Waals surface area contributed by atoms with Crippen molar-refractivity contribution in [2.45, 2.75) is 64.1 Å². The van der Waals surface area contributed by atoms with Gasteiger partial charge in [0.25, 0.3) is 0 Å².